The van der Waals surface area contributed by atoms with E-state index in [1.165, 1.54) is 32.4 Å². The van der Waals surface area contributed by atoms with Gasteiger partial charge in [0, 0.05) is 0 Å². The molecule has 0 atom stereocenters. The minimum absolute atomic E-state index is 0.475. The third-order valence-electron chi connectivity index (χ3n) is 4.21. The second-order valence-corrected chi connectivity index (χ2v) is 5.69. The third-order valence-corrected chi connectivity index (χ3v) is 4.21. The highest BCUT2D eigenvalue weighted by atomic mass is 15.1. The molecule has 0 radical (unpaired) electrons. The van der Waals surface area contributed by atoms with Crippen molar-refractivity contribution < 1.29 is 0 Å². The van der Waals surface area contributed by atoms with Gasteiger partial charge < -0.3 is 4.90 Å². The van der Waals surface area contributed by atoms with Crippen LogP contribution in [0.25, 0.3) is 0 Å². The van der Waals surface area contributed by atoms with Crippen LogP contribution < -0.4 is 0 Å². The van der Waals surface area contributed by atoms with Crippen LogP contribution in [0.5, 0.6) is 0 Å². The van der Waals surface area contributed by atoms with E-state index in [1.54, 1.807) is 0 Å². The van der Waals surface area contributed by atoms with Gasteiger partial charge in [-0.25, -0.2) is 0 Å². The molecule has 0 bridgehead atoms. The van der Waals surface area contributed by atoms with E-state index >= 15 is 0 Å². The van der Waals surface area contributed by atoms with Crippen LogP contribution in [0.3, 0.4) is 0 Å². The van der Waals surface area contributed by atoms with E-state index in [4.69, 9.17) is 0 Å². The molecule has 0 aliphatic carbocycles. The van der Waals surface area contributed by atoms with Gasteiger partial charge in [-0.2, -0.15) is 0 Å². The summed E-state index contributed by atoms with van der Waals surface area (Å²) in [5, 5.41) is 0.475. The Morgan fingerprint density at radius 2 is 1.77 bits per heavy atom. The van der Waals surface area contributed by atoms with Crippen molar-refractivity contribution in [2.75, 3.05) is 20.1 Å². The minimum Gasteiger partial charge on any atom is -0.306 e. The lowest BCUT2D eigenvalue weighted by Gasteiger charge is -2.49. The van der Waals surface area contributed by atoms with Gasteiger partial charge in [0.25, 0.3) is 0 Å². The van der Waals surface area contributed by atoms with Gasteiger partial charge in [-0.05, 0) is 38.4 Å². The number of rotatable bonds is 2. The molecule has 0 amide bonds. The molecule has 13 heavy (non-hydrogen) atoms. The van der Waals surface area contributed by atoms with Gasteiger partial charge in [0.1, 0.15) is 0 Å². The molecule has 1 aliphatic heterocycles. The Morgan fingerprint density at radius 1 is 1.31 bits per heavy atom. The molecule has 1 aliphatic rings. The Balaban J connectivity index is 2.72. The first-order valence-corrected chi connectivity index (χ1v) is 5.60. The molecular formula is C10H23B2N. The van der Waals surface area contributed by atoms with E-state index in [1.807, 2.05) is 0 Å². The molecule has 1 saturated heterocycles. The molecule has 0 N–H and O–H groups in total. The molecule has 0 spiro atoms. The summed E-state index contributed by atoms with van der Waals surface area (Å²) in [5.74, 6) is 0. The van der Waals surface area contributed by atoms with Crippen molar-refractivity contribution in [2.24, 2.45) is 5.41 Å². The van der Waals surface area contributed by atoms with Crippen molar-refractivity contribution in [3.8, 4) is 0 Å². The van der Waals surface area contributed by atoms with Crippen LogP contribution in [-0.2, 0) is 0 Å². The van der Waals surface area contributed by atoms with Crippen LogP contribution in [-0.4, -0.2) is 40.7 Å². The summed E-state index contributed by atoms with van der Waals surface area (Å²) in [6.07, 6.45) is 4.09. The molecule has 0 unspecified atom stereocenters. The molecule has 1 heterocycles. The molecular weight excluding hydrogens is 156 g/mol. The Bertz CT molecular complexity index is 166. The average Bonchev–Trinajstić information content (AvgIpc) is 2.04. The quantitative estimate of drug-likeness (QED) is 0.558. The Hall–Kier alpha value is 0.0899. The normalized spacial score (nSPS) is 24.5. The zero-order valence-corrected chi connectivity index (χ0v) is 9.98. The number of likely N-dealkylation sites (tertiary alicyclic amines) is 1. The van der Waals surface area contributed by atoms with Gasteiger partial charge >= 0.3 is 0 Å². The molecule has 0 aromatic heterocycles. The van der Waals surface area contributed by atoms with Crippen molar-refractivity contribution in [1.29, 1.82) is 0 Å². The predicted octanol–water partition coefficient (Wildman–Crippen LogP) is 0.511. The van der Waals surface area contributed by atoms with Gasteiger partial charge in [-0.1, -0.05) is 25.5 Å². The molecule has 1 nitrogen and oxygen atoms in total. The average molecular weight is 179 g/mol. The summed E-state index contributed by atoms with van der Waals surface area (Å²) in [6, 6.07) is 0. The second kappa shape index (κ2) is 3.68. The highest BCUT2D eigenvalue weighted by Gasteiger charge is 2.41. The summed E-state index contributed by atoms with van der Waals surface area (Å²) in [7, 11) is 7.05. The van der Waals surface area contributed by atoms with Crippen LogP contribution in [0, 0.1) is 5.41 Å². The van der Waals surface area contributed by atoms with Gasteiger partial charge in [0.2, 0.25) is 0 Å². The monoisotopic (exact) mass is 179 g/mol. The third kappa shape index (κ3) is 2.12. The van der Waals surface area contributed by atoms with Crippen LogP contribution >= 0.6 is 0 Å². The Kier molecular flexibility index (Phi) is 3.16. The maximum Gasteiger partial charge on any atom is 0.0995 e. The Morgan fingerprint density at radius 3 is 2.08 bits per heavy atom. The standard InChI is InChI=1S/C10H23B2N/c1-4-10(9(2,11)12)5-7-13(3)8-6-10/h4-8,11-12H2,1-3H3. The molecule has 0 aromatic carbocycles. The molecule has 74 valence electrons. The molecule has 1 fully saturated rings. The van der Waals surface area contributed by atoms with Crippen molar-refractivity contribution in [3.05, 3.63) is 0 Å². The van der Waals surface area contributed by atoms with Crippen LogP contribution in [0.1, 0.15) is 33.1 Å². The van der Waals surface area contributed by atoms with Gasteiger partial charge in [0.15, 0.2) is 0 Å². The zero-order chi connectivity index (χ0) is 10.1. The SMILES string of the molecule is BC(B)(C)C1(CC)CCN(C)CC1. The first-order valence-electron chi connectivity index (χ1n) is 5.60. The minimum atomic E-state index is 0.475. The van der Waals surface area contributed by atoms with E-state index in [0.717, 1.165) is 0 Å². The van der Waals surface area contributed by atoms with Crippen molar-refractivity contribution in [3.63, 3.8) is 0 Å². The first kappa shape index (κ1) is 11.2. The highest BCUT2D eigenvalue weighted by molar-refractivity contribution is 6.40. The largest absolute Gasteiger partial charge is 0.306 e. The molecule has 1 rings (SSSR count). The molecule has 3 heteroatoms. The zero-order valence-electron chi connectivity index (χ0n) is 9.98. The number of nitrogens with zero attached hydrogens (tertiary/aromatic N) is 1. The van der Waals surface area contributed by atoms with Gasteiger partial charge in [-0.15, -0.1) is 0 Å². The van der Waals surface area contributed by atoms with E-state index in [9.17, 15) is 0 Å². The van der Waals surface area contributed by atoms with E-state index in [2.05, 4.69) is 41.5 Å². The molecule has 0 saturated carbocycles. The van der Waals surface area contributed by atoms with Gasteiger partial charge in [0.05, 0.1) is 15.7 Å². The number of piperidine rings is 1. The van der Waals surface area contributed by atoms with Crippen molar-refractivity contribution in [1.82, 2.24) is 4.90 Å². The summed E-state index contributed by atoms with van der Waals surface area (Å²) in [5.41, 5.74) is 0.597. The van der Waals surface area contributed by atoms with Crippen molar-refractivity contribution >= 4 is 15.7 Å². The smallest absolute Gasteiger partial charge is 0.0995 e. The van der Waals surface area contributed by atoms with Crippen molar-refractivity contribution in [2.45, 2.75) is 38.3 Å². The molecule has 0 aromatic rings. The van der Waals surface area contributed by atoms with E-state index in [-0.39, 0.29) is 0 Å². The predicted molar refractivity (Wildman–Crippen MR) is 64.9 cm³/mol. The summed E-state index contributed by atoms with van der Waals surface area (Å²) >= 11 is 0. The maximum absolute atomic E-state index is 2.46. The lowest BCUT2D eigenvalue weighted by atomic mass is 9.40. The lowest BCUT2D eigenvalue weighted by Crippen LogP contribution is -2.44. The summed E-state index contributed by atoms with van der Waals surface area (Å²) in [4.78, 5) is 2.46. The fourth-order valence-corrected chi connectivity index (χ4v) is 2.68. The van der Waals surface area contributed by atoms with E-state index in [0.29, 0.717) is 10.6 Å². The maximum atomic E-state index is 2.46. The van der Waals surface area contributed by atoms with Crippen LogP contribution in [0.4, 0.5) is 0 Å². The number of hydrogen-bond acceptors (Lipinski definition) is 1. The second-order valence-electron chi connectivity index (χ2n) is 5.69. The lowest BCUT2D eigenvalue weighted by molar-refractivity contribution is 0.101. The fourth-order valence-electron chi connectivity index (χ4n) is 2.68. The topological polar surface area (TPSA) is 3.24 Å². The van der Waals surface area contributed by atoms with Crippen LogP contribution in [0.2, 0.25) is 5.21 Å². The Labute approximate surface area is 85.1 Å². The van der Waals surface area contributed by atoms with E-state index < -0.39 is 0 Å². The van der Waals surface area contributed by atoms with Crippen LogP contribution in [0.15, 0.2) is 0 Å². The fraction of sp³-hybridized carbons (Fsp3) is 1.00. The number of hydrogen-bond donors (Lipinski definition) is 0. The van der Waals surface area contributed by atoms with Gasteiger partial charge in [-0.3, -0.25) is 0 Å². The summed E-state index contributed by atoms with van der Waals surface area (Å²) in [6.45, 7) is 7.33. The first-order chi connectivity index (χ1) is 5.91. The summed E-state index contributed by atoms with van der Waals surface area (Å²) < 4.78 is 0. The highest BCUT2D eigenvalue weighted by Crippen LogP contribution is 2.50.